The van der Waals surface area contributed by atoms with Crippen molar-refractivity contribution >= 4 is 40.5 Å². The lowest BCUT2D eigenvalue weighted by Gasteiger charge is -2.27. The van der Waals surface area contributed by atoms with Crippen LogP contribution in [-0.2, 0) is 30.4 Å². The summed E-state index contributed by atoms with van der Waals surface area (Å²) in [6, 6.07) is 1.93. The second-order valence-corrected chi connectivity index (χ2v) is 9.20. The van der Waals surface area contributed by atoms with Gasteiger partial charge in [0.25, 0.3) is 0 Å². The van der Waals surface area contributed by atoms with Gasteiger partial charge >= 0.3 is 5.97 Å². The number of carboxylic acid groups (broad SMARTS) is 1. The molecule has 2 rings (SSSR count). The highest BCUT2D eigenvalue weighted by Gasteiger charge is 2.34. The molecule has 13 heteroatoms. The number of aliphatic carboxylic acids is 1. The van der Waals surface area contributed by atoms with Crippen LogP contribution in [0.4, 0.5) is 0 Å². The summed E-state index contributed by atoms with van der Waals surface area (Å²) in [7, 11) is 0. The number of benzene rings is 1. The van der Waals surface area contributed by atoms with Crippen molar-refractivity contribution in [2.45, 2.75) is 63.9 Å². The van der Waals surface area contributed by atoms with Gasteiger partial charge in [-0.3, -0.25) is 19.2 Å². The van der Waals surface area contributed by atoms with Crippen LogP contribution in [0.2, 0.25) is 0 Å². The Bertz CT molecular complexity index is 1150. The number of H-pyrrole nitrogens is 1. The van der Waals surface area contributed by atoms with E-state index in [0.717, 1.165) is 10.9 Å². The molecule has 0 aliphatic heterocycles. The van der Waals surface area contributed by atoms with E-state index in [1.54, 1.807) is 26.1 Å². The van der Waals surface area contributed by atoms with Crippen LogP contribution in [0.25, 0.3) is 10.9 Å². The topological polar surface area (TPSA) is 230 Å². The number of aromatic amines is 1. The lowest BCUT2D eigenvalue weighted by molar-refractivity contribution is -0.144. The van der Waals surface area contributed by atoms with E-state index in [4.69, 9.17) is 11.5 Å². The molecule has 13 nitrogen and oxygen atoms in total. The van der Waals surface area contributed by atoms with Crippen LogP contribution in [0, 0.1) is 5.92 Å². The number of hydrogen-bond acceptors (Lipinski definition) is 7. The molecule has 0 bridgehead atoms. The Morgan fingerprint density at radius 1 is 0.946 bits per heavy atom. The fraction of sp³-hybridized carbons (Fsp3) is 0.458. The van der Waals surface area contributed by atoms with Crippen LogP contribution >= 0.6 is 0 Å². The minimum absolute atomic E-state index is 0.0250. The lowest BCUT2D eigenvalue weighted by Crippen LogP contribution is -2.60. The van der Waals surface area contributed by atoms with E-state index in [1.165, 1.54) is 6.92 Å². The first-order chi connectivity index (χ1) is 17.3. The molecule has 0 fully saturated rings. The Balaban J connectivity index is 2.30. The van der Waals surface area contributed by atoms with E-state index in [1.807, 2.05) is 18.2 Å². The van der Waals surface area contributed by atoms with Crippen LogP contribution in [0.1, 0.15) is 32.8 Å². The van der Waals surface area contributed by atoms with Crippen molar-refractivity contribution in [1.82, 2.24) is 20.9 Å². The lowest BCUT2D eigenvalue weighted by atomic mass is 10.0. The molecule has 0 saturated carbocycles. The maximum atomic E-state index is 13.3. The van der Waals surface area contributed by atoms with Crippen LogP contribution in [0.5, 0.6) is 0 Å². The zero-order valence-electron chi connectivity index (χ0n) is 20.9. The monoisotopic (exact) mass is 518 g/mol. The molecule has 0 aliphatic rings. The number of aromatic nitrogens is 1. The Morgan fingerprint density at radius 2 is 1.57 bits per heavy atom. The average Bonchev–Trinajstić information content (AvgIpc) is 3.21. The van der Waals surface area contributed by atoms with Gasteiger partial charge in [-0.15, -0.1) is 0 Å². The van der Waals surface area contributed by atoms with E-state index in [0.29, 0.717) is 5.56 Å². The number of aliphatic hydroxyl groups excluding tert-OH is 1. The summed E-state index contributed by atoms with van der Waals surface area (Å²) in [6.07, 6.45) is -0.202. The second kappa shape index (κ2) is 12.8. The largest absolute Gasteiger partial charge is 0.480 e. The third-order valence-corrected chi connectivity index (χ3v) is 5.78. The summed E-state index contributed by atoms with van der Waals surface area (Å²) >= 11 is 0. The van der Waals surface area contributed by atoms with E-state index >= 15 is 0 Å². The van der Waals surface area contributed by atoms with Gasteiger partial charge in [-0.1, -0.05) is 32.0 Å². The number of hydrogen-bond donors (Lipinski definition) is 8. The number of aliphatic hydroxyl groups is 1. The number of carbonyl (C=O) groups is 5. The molecule has 0 spiro atoms. The molecule has 0 aliphatic carbocycles. The minimum atomic E-state index is -1.52. The molecule has 202 valence electrons. The summed E-state index contributed by atoms with van der Waals surface area (Å²) < 4.78 is 0. The minimum Gasteiger partial charge on any atom is -0.480 e. The summed E-state index contributed by atoms with van der Waals surface area (Å²) in [5.41, 5.74) is 12.3. The maximum Gasteiger partial charge on any atom is 0.326 e. The molecule has 5 unspecified atom stereocenters. The summed E-state index contributed by atoms with van der Waals surface area (Å²) in [6.45, 7) is 4.44. The van der Waals surface area contributed by atoms with Crippen molar-refractivity contribution in [1.29, 1.82) is 0 Å². The third kappa shape index (κ3) is 8.02. The van der Waals surface area contributed by atoms with Crippen LogP contribution in [0.15, 0.2) is 30.5 Å². The summed E-state index contributed by atoms with van der Waals surface area (Å²) in [4.78, 5) is 64.4. The molecule has 37 heavy (non-hydrogen) atoms. The molecule has 5 atom stereocenters. The van der Waals surface area contributed by atoms with Crippen molar-refractivity contribution in [2.24, 2.45) is 17.4 Å². The first-order valence-corrected chi connectivity index (χ1v) is 11.7. The highest BCUT2D eigenvalue weighted by Crippen LogP contribution is 2.19. The Hall–Kier alpha value is -3.97. The van der Waals surface area contributed by atoms with E-state index in [9.17, 15) is 34.2 Å². The number of nitrogens with one attached hydrogen (secondary N) is 4. The van der Waals surface area contributed by atoms with Crippen molar-refractivity contribution < 1.29 is 34.2 Å². The number of nitrogens with two attached hydrogens (primary N) is 2. The number of carbonyl (C=O) groups excluding carboxylic acids is 4. The SMILES string of the molecule is CC(C)C(NC(=O)C(NC(=O)C(Cc1c[nH]c2ccccc12)NC(=O)C(N)CC(N)=O)C(C)O)C(=O)O. The van der Waals surface area contributed by atoms with E-state index < -0.39 is 72.2 Å². The van der Waals surface area contributed by atoms with Gasteiger partial charge in [0.1, 0.15) is 18.1 Å². The second-order valence-electron chi connectivity index (χ2n) is 9.20. The molecular formula is C24H34N6O7. The maximum absolute atomic E-state index is 13.3. The zero-order chi connectivity index (χ0) is 27.9. The molecule has 1 aromatic heterocycles. The van der Waals surface area contributed by atoms with Crippen LogP contribution in [0.3, 0.4) is 0 Å². The van der Waals surface area contributed by atoms with Crippen LogP contribution < -0.4 is 27.4 Å². The highest BCUT2D eigenvalue weighted by atomic mass is 16.4. The van der Waals surface area contributed by atoms with Crippen molar-refractivity contribution in [3.05, 3.63) is 36.0 Å². The van der Waals surface area contributed by atoms with E-state index in [-0.39, 0.29) is 6.42 Å². The fourth-order valence-electron chi connectivity index (χ4n) is 3.73. The summed E-state index contributed by atoms with van der Waals surface area (Å²) in [5, 5.41) is 27.5. The van der Waals surface area contributed by atoms with Gasteiger partial charge in [0.2, 0.25) is 23.6 Å². The Morgan fingerprint density at radius 3 is 2.14 bits per heavy atom. The fourth-order valence-corrected chi connectivity index (χ4v) is 3.73. The molecule has 0 radical (unpaired) electrons. The van der Waals surface area contributed by atoms with Gasteiger partial charge in [0.05, 0.1) is 18.6 Å². The third-order valence-electron chi connectivity index (χ3n) is 5.78. The molecular weight excluding hydrogens is 484 g/mol. The van der Waals surface area contributed by atoms with Crippen molar-refractivity contribution in [3.8, 4) is 0 Å². The number of amides is 4. The highest BCUT2D eigenvalue weighted by molar-refractivity contribution is 5.96. The van der Waals surface area contributed by atoms with Gasteiger partial charge in [0, 0.05) is 23.5 Å². The molecule has 1 heterocycles. The molecule has 1 aromatic carbocycles. The predicted octanol–water partition coefficient (Wildman–Crippen LogP) is -1.51. The van der Waals surface area contributed by atoms with Crippen LogP contribution in [-0.4, -0.2) is 75.1 Å². The van der Waals surface area contributed by atoms with Crippen molar-refractivity contribution in [2.75, 3.05) is 0 Å². The quantitative estimate of drug-likeness (QED) is 0.155. The number of carboxylic acids is 1. The summed E-state index contributed by atoms with van der Waals surface area (Å²) in [5.74, 6) is -5.10. The molecule has 10 N–H and O–H groups in total. The Labute approximate surface area is 213 Å². The van der Waals surface area contributed by atoms with Gasteiger partial charge < -0.3 is 42.6 Å². The molecule has 2 aromatic rings. The normalized spacial score (nSPS) is 15.3. The van der Waals surface area contributed by atoms with Crippen molar-refractivity contribution in [3.63, 3.8) is 0 Å². The van der Waals surface area contributed by atoms with Gasteiger partial charge in [0.15, 0.2) is 0 Å². The first kappa shape index (κ1) is 29.3. The van der Waals surface area contributed by atoms with Gasteiger partial charge in [-0.05, 0) is 24.5 Å². The van der Waals surface area contributed by atoms with Gasteiger partial charge in [-0.25, -0.2) is 4.79 Å². The smallest absolute Gasteiger partial charge is 0.326 e. The Kier molecular flexibility index (Phi) is 10.1. The number of fused-ring (bicyclic) bond motifs is 1. The number of rotatable bonds is 13. The number of para-hydroxylation sites is 1. The van der Waals surface area contributed by atoms with Gasteiger partial charge in [-0.2, -0.15) is 0 Å². The average molecular weight is 519 g/mol. The predicted molar refractivity (Wildman–Crippen MR) is 134 cm³/mol. The zero-order valence-corrected chi connectivity index (χ0v) is 20.9. The van der Waals surface area contributed by atoms with E-state index in [2.05, 4.69) is 20.9 Å². The standard InChI is InChI=1S/C24H34N6O7/c1-11(2)19(24(36)37)29-23(35)20(12(3)31)30-22(34)17(28-21(33)15(25)9-18(26)32)8-13-10-27-16-7-5-4-6-14(13)16/h4-7,10-12,15,17,19-20,27,31H,8-9,25H2,1-3H3,(H2,26,32)(H,28,33)(H,29,35)(H,30,34)(H,36,37). The molecule has 0 saturated heterocycles. The number of primary amides is 1. The molecule has 4 amide bonds. The first-order valence-electron chi connectivity index (χ1n) is 11.7.